The molecule has 0 spiro atoms. The lowest BCUT2D eigenvalue weighted by atomic mass is 9.95. The third-order valence-electron chi connectivity index (χ3n) is 9.51. The Hall–Kier alpha value is -4.16. The number of amides is 1. The molecule has 10 nitrogen and oxygen atoms in total. The molecule has 3 N–H and O–H groups in total. The Balaban J connectivity index is 1.29. The summed E-state index contributed by atoms with van der Waals surface area (Å²) in [7, 11) is 0. The van der Waals surface area contributed by atoms with Crippen molar-refractivity contribution in [3.63, 3.8) is 0 Å². The van der Waals surface area contributed by atoms with Crippen molar-refractivity contribution in [1.82, 2.24) is 25.2 Å². The van der Waals surface area contributed by atoms with Crippen LogP contribution in [0.3, 0.4) is 0 Å². The standard InChI is InChI=1S/C33H36F2N6O4/c34-21-15-33(9-4-11-41(33)17-21)19-45-32-38-30-26(31(39-32)40-10-3-6-22(8-12-40)37-27(44)18-42)16-36-29(28(30)35)25-14-23(43)13-20-5-1-2-7-24(20)25/h1-2,5,7,13-14,16,21-22,42-43H,3-4,6,8-12,15,17-19H2,(H,37,44)/t21-,22?,33+/m1/s1. The molecule has 2 aromatic heterocycles. The summed E-state index contributed by atoms with van der Waals surface area (Å²) in [5, 5.41) is 24.4. The molecule has 3 atom stereocenters. The number of aromatic hydroxyl groups is 1. The number of alkyl halides is 1. The predicted octanol–water partition coefficient (Wildman–Crippen LogP) is 4.11. The molecule has 3 aliphatic rings. The Morgan fingerprint density at radius 3 is 2.84 bits per heavy atom. The number of carbonyl (C=O) groups excluding carboxylic acids is 1. The van der Waals surface area contributed by atoms with E-state index in [0.717, 1.165) is 43.0 Å². The number of ether oxygens (including phenoxy) is 1. The molecule has 0 saturated carbocycles. The maximum atomic E-state index is 16.6. The molecule has 3 fully saturated rings. The molecule has 3 saturated heterocycles. The smallest absolute Gasteiger partial charge is 0.319 e. The Morgan fingerprint density at radius 1 is 1.11 bits per heavy atom. The fourth-order valence-electron chi connectivity index (χ4n) is 7.38. The first-order valence-corrected chi connectivity index (χ1v) is 15.6. The molecule has 0 bridgehead atoms. The molecule has 45 heavy (non-hydrogen) atoms. The number of halogens is 2. The van der Waals surface area contributed by atoms with Gasteiger partial charge in [0.25, 0.3) is 0 Å². The monoisotopic (exact) mass is 618 g/mol. The lowest BCUT2D eigenvalue weighted by molar-refractivity contribution is -0.124. The second-order valence-corrected chi connectivity index (χ2v) is 12.4. The topological polar surface area (TPSA) is 124 Å². The third kappa shape index (κ3) is 5.61. The van der Waals surface area contributed by atoms with E-state index in [4.69, 9.17) is 9.72 Å². The summed E-state index contributed by atoms with van der Waals surface area (Å²) >= 11 is 0. The van der Waals surface area contributed by atoms with E-state index >= 15 is 4.39 Å². The lowest BCUT2D eigenvalue weighted by Gasteiger charge is -2.31. The van der Waals surface area contributed by atoms with Crippen LogP contribution in [0.2, 0.25) is 0 Å². The summed E-state index contributed by atoms with van der Waals surface area (Å²) in [5.74, 6) is -0.617. The van der Waals surface area contributed by atoms with E-state index in [1.54, 1.807) is 12.3 Å². The number of hydrogen-bond acceptors (Lipinski definition) is 9. The molecular weight excluding hydrogens is 582 g/mol. The number of phenols is 1. The Kier molecular flexibility index (Phi) is 7.86. The maximum absolute atomic E-state index is 16.6. The Bertz CT molecular complexity index is 1760. The number of carbonyl (C=O) groups is 1. The number of hydrogen-bond donors (Lipinski definition) is 3. The highest BCUT2D eigenvalue weighted by Crippen LogP contribution is 2.41. The number of fused-ring (bicyclic) bond motifs is 3. The van der Waals surface area contributed by atoms with Crippen molar-refractivity contribution >= 4 is 33.4 Å². The van der Waals surface area contributed by atoms with Crippen molar-refractivity contribution in [3.05, 3.63) is 48.4 Å². The summed E-state index contributed by atoms with van der Waals surface area (Å²) in [5.41, 5.74) is 0.0910. The number of pyridine rings is 1. The van der Waals surface area contributed by atoms with Crippen LogP contribution in [-0.2, 0) is 4.79 Å². The number of anilines is 1. The zero-order chi connectivity index (χ0) is 31.1. The van der Waals surface area contributed by atoms with E-state index in [-0.39, 0.29) is 35.6 Å². The second kappa shape index (κ2) is 12.0. The molecule has 5 heterocycles. The predicted molar refractivity (Wildman–Crippen MR) is 166 cm³/mol. The van der Waals surface area contributed by atoms with Gasteiger partial charge in [-0.25, -0.2) is 8.78 Å². The summed E-state index contributed by atoms with van der Waals surface area (Å²) in [4.78, 5) is 29.9. The number of rotatable bonds is 7. The summed E-state index contributed by atoms with van der Waals surface area (Å²) in [6, 6.07) is 10.4. The van der Waals surface area contributed by atoms with Crippen LogP contribution in [0.1, 0.15) is 38.5 Å². The van der Waals surface area contributed by atoms with Gasteiger partial charge in [-0.15, -0.1) is 0 Å². The Morgan fingerprint density at radius 2 is 1.98 bits per heavy atom. The molecule has 236 valence electrons. The average molecular weight is 619 g/mol. The lowest BCUT2D eigenvalue weighted by Crippen LogP contribution is -2.43. The average Bonchev–Trinajstić information content (AvgIpc) is 3.46. The SMILES string of the molecule is O=C(CO)NC1CCCN(c2nc(OC[C@@]34CCCN3C[C@H](F)C4)nc3c(F)c(-c4cc(O)cc5ccccc45)ncc23)CC1. The summed E-state index contributed by atoms with van der Waals surface area (Å²) in [6.45, 7) is 1.95. The van der Waals surface area contributed by atoms with Gasteiger partial charge in [0.1, 0.15) is 42.2 Å². The summed E-state index contributed by atoms with van der Waals surface area (Å²) < 4.78 is 37.3. The normalized spacial score (nSPS) is 23.8. The van der Waals surface area contributed by atoms with Crippen LogP contribution < -0.4 is 15.0 Å². The van der Waals surface area contributed by atoms with Gasteiger partial charge >= 0.3 is 6.01 Å². The van der Waals surface area contributed by atoms with E-state index in [2.05, 4.69) is 20.2 Å². The number of phenolic OH excluding ortho intramolecular Hbond substituents is 1. The quantitative estimate of drug-likeness (QED) is 0.281. The minimum Gasteiger partial charge on any atom is -0.508 e. The van der Waals surface area contributed by atoms with Crippen molar-refractivity contribution in [2.45, 2.75) is 56.3 Å². The van der Waals surface area contributed by atoms with E-state index in [0.29, 0.717) is 49.2 Å². The van der Waals surface area contributed by atoms with Crippen LogP contribution in [0.25, 0.3) is 32.9 Å². The van der Waals surface area contributed by atoms with Crippen LogP contribution in [0, 0.1) is 5.82 Å². The van der Waals surface area contributed by atoms with Gasteiger partial charge in [-0.05, 0) is 61.6 Å². The van der Waals surface area contributed by atoms with Gasteiger partial charge in [0.15, 0.2) is 5.82 Å². The zero-order valence-corrected chi connectivity index (χ0v) is 24.9. The van der Waals surface area contributed by atoms with E-state index < -0.39 is 30.0 Å². The maximum Gasteiger partial charge on any atom is 0.319 e. The van der Waals surface area contributed by atoms with Crippen LogP contribution in [-0.4, -0.2) is 93.1 Å². The molecule has 0 radical (unpaired) electrons. The number of aromatic nitrogens is 3. The minimum atomic E-state index is -0.915. The first-order valence-electron chi connectivity index (χ1n) is 15.6. The van der Waals surface area contributed by atoms with E-state index in [1.807, 2.05) is 29.2 Å². The van der Waals surface area contributed by atoms with Crippen LogP contribution >= 0.6 is 0 Å². The van der Waals surface area contributed by atoms with Crippen LogP contribution in [0.5, 0.6) is 11.8 Å². The summed E-state index contributed by atoms with van der Waals surface area (Å²) in [6.07, 6.45) is 4.86. The molecule has 4 aromatic rings. The molecule has 2 aromatic carbocycles. The second-order valence-electron chi connectivity index (χ2n) is 12.4. The van der Waals surface area contributed by atoms with Gasteiger partial charge in [0.2, 0.25) is 5.91 Å². The first-order chi connectivity index (χ1) is 21.8. The highest BCUT2D eigenvalue weighted by molar-refractivity contribution is 5.99. The van der Waals surface area contributed by atoms with E-state index in [9.17, 15) is 19.4 Å². The van der Waals surface area contributed by atoms with Crippen molar-refractivity contribution in [1.29, 1.82) is 0 Å². The number of aliphatic hydroxyl groups is 1. The van der Waals surface area contributed by atoms with Gasteiger partial charge in [0.05, 0.1) is 10.9 Å². The highest BCUT2D eigenvalue weighted by Gasteiger charge is 2.49. The molecule has 12 heteroatoms. The van der Waals surface area contributed by atoms with Crippen molar-refractivity contribution < 1.29 is 28.5 Å². The van der Waals surface area contributed by atoms with Gasteiger partial charge in [-0.3, -0.25) is 14.7 Å². The van der Waals surface area contributed by atoms with Gasteiger partial charge < -0.3 is 25.2 Å². The van der Waals surface area contributed by atoms with Gasteiger partial charge in [0, 0.05) is 43.9 Å². The van der Waals surface area contributed by atoms with Gasteiger partial charge in [-0.2, -0.15) is 9.97 Å². The number of nitrogens with zero attached hydrogens (tertiary/aromatic N) is 5. The fourth-order valence-corrected chi connectivity index (χ4v) is 7.38. The number of benzene rings is 2. The first kappa shape index (κ1) is 29.5. The molecule has 1 amide bonds. The van der Waals surface area contributed by atoms with Gasteiger partial charge in [-0.1, -0.05) is 24.3 Å². The zero-order valence-electron chi connectivity index (χ0n) is 24.9. The minimum absolute atomic E-state index is 0.00656. The van der Waals surface area contributed by atoms with Crippen LogP contribution in [0.4, 0.5) is 14.6 Å². The largest absolute Gasteiger partial charge is 0.508 e. The number of nitrogens with one attached hydrogen (secondary N) is 1. The molecule has 1 unspecified atom stereocenters. The van der Waals surface area contributed by atoms with Crippen molar-refractivity contribution in [3.8, 4) is 23.0 Å². The molecule has 0 aliphatic carbocycles. The third-order valence-corrected chi connectivity index (χ3v) is 9.51. The van der Waals surface area contributed by atoms with E-state index in [1.165, 1.54) is 6.07 Å². The fraction of sp³-hybridized carbons (Fsp3) is 0.455. The molecular formula is C33H36F2N6O4. The number of aliphatic hydroxyl groups excluding tert-OH is 1. The van der Waals surface area contributed by atoms with Crippen LogP contribution in [0.15, 0.2) is 42.6 Å². The Labute approximate surface area is 259 Å². The van der Waals surface area contributed by atoms with Crippen molar-refractivity contribution in [2.24, 2.45) is 0 Å². The van der Waals surface area contributed by atoms with Crippen molar-refractivity contribution in [2.75, 3.05) is 44.3 Å². The highest BCUT2D eigenvalue weighted by atomic mass is 19.1. The molecule has 3 aliphatic heterocycles. The molecule has 7 rings (SSSR count).